The largest absolute Gasteiger partial charge is 0.508 e. The van der Waals surface area contributed by atoms with Gasteiger partial charge >= 0.3 is 6.16 Å². The highest BCUT2D eigenvalue weighted by molar-refractivity contribution is 5.59. The first-order valence-electron chi connectivity index (χ1n) is 6.19. The number of carbonyl (C=O) groups is 1. The Hall–Kier alpha value is -0.810. The van der Waals surface area contributed by atoms with Crippen molar-refractivity contribution in [1.29, 1.82) is 0 Å². The minimum absolute atomic E-state index is 0.144. The molecular weight excluding hydrogens is 224 g/mol. The van der Waals surface area contributed by atoms with Crippen LogP contribution in [0.4, 0.5) is 4.79 Å². The molecule has 5 heteroatoms. The smallest absolute Gasteiger partial charge is 0.435 e. The molecule has 0 saturated heterocycles. The maximum atomic E-state index is 10.9. The summed E-state index contributed by atoms with van der Waals surface area (Å²) in [5.74, 6) is 0. The number of rotatable bonds is 10. The zero-order valence-corrected chi connectivity index (χ0v) is 11.1. The fourth-order valence-electron chi connectivity index (χ4n) is 1.05. The predicted molar refractivity (Wildman–Crippen MR) is 64.1 cm³/mol. The number of hydrogen-bond donors (Lipinski definition) is 0. The van der Waals surface area contributed by atoms with Gasteiger partial charge in [-0.2, -0.15) is 0 Å². The van der Waals surface area contributed by atoms with Gasteiger partial charge < -0.3 is 18.9 Å². The Morgan fingerprint density at radius 3 is 2.53 bits per heavy atom. The van der Waals surface area contributed by atoms with E-state index < -0.39 is 6.16 Å². The van der Waals surface area contributed by atoms with Gasteiger partial charge in [0.2, 0.25) is 0 Å². The van der Waals surface area contributed by atoms with Gasteiger partial charge in [0.05, 0.1) is 25.9 Å². The highest BCUT2D eigenvalue weighted by atomic mass is 16.7. The summed E-state index contributed by atoms with van der Waals surface area (Å²) >= 11 is 0. The third kappa shape index (κ3) is 11.5. The Kier molecular flexibility index (Phi) is 11.1. The third-order valence-corrected chi connectivity index (χ3v) is 1.97. The van der Waals surface area contributed by atoms with Gasteiger partial charge in [0.25, 0.3) is 0 Å². The standard InChI is InChI=1S/C12H24O5/c1-4-6-7-14-8-9-16-11(3)10-17-12(13)15-5-2/h11H,4-10H2,1-3H3. The summed E-state index contributed by atoms with van der Waals surface area (Å²) in [7, 11) is 0. The quantitative estimate of drug-likeness (QED) is 0.439. The molecule has 0 N–H and O–H groups in total. The predicted octanol–water partition coefficient (Wildman–Crippen LogP) is 2.38. The van der Waals surface area contributed by atoms with E-state index in [9.17, 15) is 4.79 Å². The Bertz CT molecular complexity index is 184. The number of unbranched alkanes of at least 4 members (excludes halogenated alkanes) is 1. The molecule has 1 atom stereocenters. The second-order valence-electron chi connectivity index (χ2n) is 3.64. The summed E-state index contributed by atoms with van der Waals surface area (Å²) in [5.41, 5.74) is 0. The summed E-state index contributed by atoms with van der Waals surface area (Å²) in [5, 5.41) is 0. The van der Waals surface area contributed by atoms with Gasteiger partial charge in [0.15, 0.2) is 0 Å². The molecule has 17 heavy (non-hydrogen) atoms. The summed E-state index contributed by atoms with van der Waals surface area (Å²) in [6.07, 6.45) is 1.41. The second kappa shape index (κ2) is 11.7. The number of carbonyl (C=O) groups excluding carboxylic acids is 1. The monoisotopic (exact) mass is 248 g/mol. The molecule has 0 aliphatic rings. The fraction of sp³-hybridized carbons (Fsp3) is 0.917. The van der Waals surface area contributed by atoms with Crippen molar-refractivity contribution in [3.8, 4) is 0 Å². The molecule has 0 rings (SSSR count). The van der Waals surface area contributed by atoms with Crippen molar-refractivity contribution in [2.24, 2.45) is 0 Å². The van der Waals surface area contributed by atoms with E-state index in [4.69, 9.17) is 14.2 Å². The van der Waals surface area contributed by atoms with Crippen molar-refractivity contribution < 1.29 is 23.7 Å². The first kappa shape index (κ1) is 16.2. The molecule has 0 heterocycles. The van der Waals surface area contributed by atoms with E-state index >= 15 is 0 Å². The zero-order valence-electron chi connectivity index (χ0n) is 11.1. The second-order valence-corrected chi connectivity index (χ2v) is 3.64. The molecule has 102 valence electrons. The molecule has 0 fully saturated rings. The van der Waals surface area contributed by atoms with Crippen LogP contribution in [0, 0.1) is 0 Å². The van der Waals surface area contributed by atoms with Crippen LogP contribution >= 0.6 is 0 Å². The van der Waals surface area contributed by atoms with Gasteiger partial charge in [-0.3, -0.25) is 0 Å². The summed E-state index contributed by atoms with van der Waals surface area (Å²) in [6.45, 7) is 8.07. The van der Waals surface area contributed by atoms with E-state index in [1.807, 2.05) is 6.92 Å². The van der Waals surface area contributed by atoms with Gasteiger partial charge in [-0.15, -0.1) is 0 Å². The summed E-state index contributed by atoms with van der Waals surface area (Å²) in [4.78, 5) is 10.9. The van der Waals surface area contributed by atoms with E-state index in [0.29, 0.717) is 19.8 Å². The molecule has 1 unspecified atom stereocenters. The molecule has 0 aromatic heterocycles. The molecular formula is C12H24O5. The Labute approximate surface area is 103 Å². The highest BCUT2D eigenvalue weighted by Gasteiger charge is 2.07. The highest BCUT2D eigenvalue weighted by Crippen LogP contribution is 1.95. The van der Waals surface area contributed by atoms with E-state index in [2.05, 4.69) is 11.7 Å². The van der Waals surface area contributed by atoms with Gasteiger partial charge in [0, 0.05) is 6.61 Å². The van der Waals surface area contributed by atoms with Crippen molar-refractivity contribution in [2.75, 3.05) is 33.0 Å². The lowest BCUT2D eigenvalue weighted by molar-refractivity contribution is -0.0274. The third-order valence-electron chi connectivity index (χ3n) is 1.97. The lowest BCUT2D eigenvalue weighted by Gasteiger charge is -2.13. The van der Waals surface area contributed by atoms with E-state index in [0.717, 1.165) is 19.4 Å². The normalized spacial score (nSPS) is 12.2. The molecule has 0 spiro atoms. The molecule has 0 aromatic carbocycles. The van der Waals surface area contributed by atoms with Crippen molar-refractivity contribution in [1.82, 2.24) is 0 Å². The molecule has 0 radical (unpaired) electrons. The maximum Gasteiger partial charge on any atom is 0.508 e. The minimum Gasteiger partial charge on any atom is -0.435 e. The Morgan fingerprint density at radius 1 is 1.12 bits per heavy atom. The van der Waals surface area contributed by atoms with Gasteiger partial charge in [-0.1, -0.05) is 13.3 Å². The van der Waals surface area contributed by atoms with E-state index in [1.165, 1.54) is 0 Å². The topological polar surface area (TPSA) is 54.0 Å². The number of hydrogen-bond acceptors (Lipinski definition) is 5. The molecule has 0 saturated carbocycles. The minimum atomic E-state index is -0.651. The lowest BCUT2D eigenvalue weighted by Crippen LogP contribution is -2.21. The van der Waals surface area contributed by atoms with Crippen LogP contribution in [0.1, 0.15) is 33.6 Å². The van der Waals surface area contributed by atoms with Gasteiger partial charge in [-0.25, -0.2) is 4.79 Å². The fourth-order valence-corrected chi connectivity index (χ4v) is 1.05. The molecule has 0 bridgehead atoms. The first-order chi connectivity index (χ1) is 8.20. The van der Waals surface area contributed by atoms with Crippen LogP contribution in [0.15, 0.2) is 0 Å². The SMILES string of the molecule is CCCCOCCOC(C)COC(=O)OCC. The van der Waals surface area contributed by atoms with Crippen molar-refractivity contribution in [3.05, 3.63) is 0 Å². The van der Waals surface area contributed by atoms with Crippen LogP contribution < -0.4 is 0 Å². The summed E-state index contributed by atoms with van der Waals surface area (Å²) < 4.78 is 20.2. The van der Waals surface area contributed by atoms with Crippen LogP contribution in [0.3, 0.4) is 0 Å². The molecule has 0 amide bonds. The molecule has 0 aliphatic carbocycles. The van der Waals surface area contributed by atoms with E-state index in [1.54, 1.807) is 6.92 Å². The first-order valence-corrected chi connectivity index (χ1v) is 6.19. The Balaban J connectivity index is 3.28. The number of ether oxygens (including phenoxy) is 4. The lowest BCUT2D eigenvalue weighted by atomic mass is 10.4. The van der Waals surface area contributed by atoms with Crippen molar-refractivity contribution >= 4 is 6.16 Å². The van der Waals surface area contributed by atoms with Crippen LogP contribution in [-0.4, -0.2) is 45.3 Å². The summed E-state index contributed by atoms with van der Waals surface area (Å²) in [6, 6.07) is 0. The average molecular weight is 248 g/mol. The average Bonchev–Trinajstić information content (AvgIpc) is 2.31. The van der Waals surface area contributed by atoms with Crippen LogP contribution in [0.25, 0.3) is 0 Å². The van der Waals surface area contributed by atoms with Crippen LogP contribution in [-0.2, 0) is 18.9 Å². The van der Waals surface area contributed by atoms with E-state index in [-0.39, 0.29) is 12.7 Å². The zero-order chi connectivity index (χ0) is 12.9. The van der Waals surface area contributed by atoms with Crippen molar-refractivity contribution in [2.45, 2.75) is 39.7 Å². The maximum absolute atomic E-state index is 10.9. The molecule has 5 nitrogen and oxygen atoms in total. The van der Waals surface area contributed by atoms with Crippen LogP contribution in [0.5, 0.6) is 0 Å². The van der Waals surface area contributed by atoms with Gasteiger partial charge in [0.1, 0.15) is 6.61 Å². The molecule has 0 aliphatic heterocycles. The van der Waals surface area contributed by atoms with Gasteiger partial charge in [-0.05, 0) is 20.3 Å². The Morgan fingerprint density at radius 2 is 1.88 bits per heavy atom. The van der Waals surface area contributed by atoms with Crippen molar-refractivity contribution in [3.63, 3.8) is 0 Å². The molecule has 0 aromatic rings. The van der Waals surface area contributed by atoms with Crippen LogP contribution in [0.2, 0.25) is 0 Å².